The molecule has 1 aliphatic heterocycles. The van der Waals surface area contributed by atoms with Crippen LogP contribution >= 0.6 is 0 Å². The van der Waals surface area contributed by atoms with Crippen molar-refractivity contribution in [2.45, 2.75) is 18.9 Å². The fourth-order valence-electron chi connectivity index (χ4n) is 1.69. The molecular weight excluding hydrogens is 184 g/mol. The third-order valence-corrected chi connectivity index (χ3v) is 2.45. The first-order valence-electron chi connectivity index (χ1n) is 4.79. The van der Waals surface area contributed by atoms with Crippen molar-refractivity contribution in [1.29, 1.82) is 0 Å². The van der Waals surface area contributed by atoms with Crippen LogP contribution in [0.5, 0.6) is 0 Å². The summed E-state index contributed by atoms with van der Waals surface area (Å²) in [5.41, 5.74) is 0.795. The maximum atomic E-state index is 12.9. The van der Waals surface area contributed by atoms with Crippen molar-refractivity contribution in [2.24, 2.45) is 0 Å². The van der Waals surface area contributed by atoms with Crippen molar-refractivity contribution in [3.05, 3.63) is 41.8 Å². The monoisotopic (exact) mass is 196 g/mol. The lowest BCUT2D eigenvalue weighted by atomic mass is 9.97. The summed E-state index contributed by atoms with van der Waals surface area (Å²) in [6.07, 6.45) is 4.23. The molecular formula is C11H12F2N. The quantitative estimate of drug-likeness (QED) is 0.728. The third kappa shape index (κ3) is 1.93. The van der Waals surface area contributed by atoms with Crippen LogP contribution in [0.15, 0.2) is 18.2 Å². The summed E-state index contributed by atoms with van der Waals surface area (Å²) in [5, 5.41) is 3.24. The van der Waals surface area contributed by atoms with Crippen molar-refractivity contribution < 1.29 is 8.78 Å². The second-order valence-electron chi connectivity index (χ2n) is 3.48. The van der Waals surface area contributed by atoms with Crippen LogP contribution in [-0.4, -0.2) is 6.54 Å². The van der Waals surface area contributed by atoms with Gasteiger partial charge in [0.2, 0.25) is 0 Å². The molecule has 1 fully saturated rings. The number of nitrogens with one attached hydrogen (secondary N) is 1. The standard InChI is InChI=1S/C11H12F2N/c12-9-5-4-8(7-10(9)13)11-3-1-2-6-14-11/h3-5,7,11,14H,1-2,6H2. The van der Waals surface area contributed by atoms with E-state index in [-0.39, 0.29) is 6.04 Å². The zero-order valence-corrected chi connectivity index (χ0v) is 7.76. The molecule has 0 amide bonds. The minimum atomic E-state index is -0.787. The molecule has 14 heavy (non-hydrogen) atoms. The molecule has 1 N–H and O–H groups in total. The maximum absolute atomic E-state index is 12.9. The van der Waals surface area contributed by atoms with Crippen molar-refractivity contribution in [3.63, 3.8) is 0 Å². The van der Waals surface area contributed by atoms with Crippen LogP contribution in [0.3, 0.4) is 0 Å². The predicted molar refractivity (Wildman–Crippen MR) is 50.6 cm³/mol. The summed E-state index contributed by atoms with van der Waals surface area (Å²) in [6.45, 7) is 0.931. The molecule has 1 aliphatic rings. The fourth-order valence-corrected chi connectivity index (χ4v) is 1.69. The molecule has 75 valence electrons. The van der Waals surface area contributed by atoms with Crippen LogP contribution in [-0.2, 0) is 0 Å². The lowest BCUT2D eigenvalue weighted by Gasteiger charge is -2.23. The molecule has 1 saturated heterocycles. The van der Waals surface area contributed by atoms with Crippen molar-refractivity contribution in [1.82, 2.24) is 5.32 Å². The molecule has 1 atom stereocenters. The molecule has 3 heteroatoms. The van der Waals surface area contributed by atoms with Crippen LogP contribution in [0.1, 0.15) is 24.4 Å². The average Bonchev–Trinajstić information content (AvgIpc) is 2.23. The van der Waals surface area contributed by atoms with Crippen molar-refractivity contribution in [2.75, 3.05) is 6.54 Å². The van der Waals surface area contributed by atoms with Crippen LogP contribution < -0.4 is 5.32 Å². The number of hydrogen-bond donors (Lipinski definition) is 1. The van der Waals surface area contributed by atoms with Gasteiger partial charge in [-0.2, -0.15) is 0 Å². The Balaban J connectivity index is 2.18. The fraction of sp³-hybridized carbons (Fsp3) is 0.364. The van der Waals surface area contributed by atoms with Crippen molar-refractivity contribution >= 4 is 0 Å². The molecule has 1 aromatic rings. The van der Waals surface area contributed by atoms with Crippen LogP contribution in [0, 0.1) is 18.1 Å². The van der Waals surface area contributed by atoms with Crippen LogP contribution in [0.25, 0.3) is 0 Å². The van der Waals surface area contributed by atoms with E-state index in [1.54, 1.807) is 6.07 Å². The Labute approximate surface area is 82.1 Å². The summed E-state index contributed by atoms with van der Waals surface area (Å²) in [4.78, 5) is 0. The first-order valence-corrected chi connectivity index (χ1v) is 4.79. The van der Waals surface area contributed by atoms with Gasteiger partial charge in [-0.15, -0.1) is 0 Å². The number of piperidine rings is 1. The highest BCUT2D eigenvalue weighted by atomic mass is 19.2. The van der Waals surface area contributed by atoms with Gasteiger partial charge >= 0.3 is 0 Å². The molecule has 0 bridgehead atoms. The average molecular weight is 196 g/mol. The first kappa shape index (κ1) is 9.59. The minimum Gasteiger partial charge on any atom is -0.310 e. The highest BCUT2D eigenvalue weighted by molar-refractivity contribution is 5.24. The van der Waals surface area contributed by atoms with Crippen molar-refractivity contribution in [3.8, 4) is 0 Å². The van der Waals surface area contributed by atoms with Gasteiger partial charge in [-0.05, 0) is 43.5 Å². The Kier molecular flexibility index (Phi) is 2.77. The zero-order chi connectivity index (χ0) is 9.97. The molecule has 0 aliphatic carbocycles. The maximum Gasteiger partial charge on any atom is 0.159 e. The second kappa shape index (κ2) is 4.05. The lowest BCUT2D eigenvalue weighted by Crippen LogP contribution is -2.27. The van der Waals surface area contributed by atoms with E-state index in [2.05, 4.69) is 11.7 Å². The molecule has 1 aromatic carbocycles. The van der Waals surface area contributed by atoms with E-state index in [0.717, 1.165) is 24.9 Å². The number of benzene rings is 1. The lowest BCUT2D eigenvalue weighted by molar-refractivity contribution is 0.482. The predicted octanol–water partition coefficient (Wildman–Crippen LogP) is 2.59. The third-order valence-electron chi connectivity index (χ3n) is 2.45. The zero-order valence-electron chi connectivity index (χ0n) is 7.76. The van der Waals surface area contributed by atoms with Gasteiger partial charge < -0.3 is 5.32 Å². The molecule has 1 radical (unpaired) electrons. The van der Waals surface area contributed by atoms with E-state index in [1.807, 2.05) is 0 Å². The Morgan fingerprint density at radius 2 is 2.07 bits per heavy atom. The summed E-state index contributed by atoms with van der Waals surface area (Å²) >= 11 is 0. The van der Waals surface area contributed by atoms with Gasteiger partial charge in [-0.25, -0.2) is 8.78 Å². The minimum absolute atomic E-state index is 0.0684. The van der Waals surface area contributed by atoms with E-state index in [1.165, 1.54) is 12.1 Å². The molecule has 0 saturated carbocycles. The normalized spacial score (nSPS) is 22.3. The Morgan fingerprint density at radius 3 is 2.71 bits per heavy atom. The van der Waals surface area contributed by atoms with E-state index in [0.29, 0.717) is 0 Å². The van der Waals surface area contributed by atoms with Gasteiger partial charge in [0.1, 0.15) is 0 Å². The summed E-state index contributed by atoms with van der Waals surface area (Å²) in [7, 11) is 0. The van der Waals surface area contributed by atoms with Crippen LogP contribution in [0.4, 0.5) is 8.78 Å². The van der Waals surface area contributed by atoms with Gasteiger partial charge in [-0.3, -0.25) is 0 Å². The van der Waals surface area contributed by atoms with E-state index < -0.39 is 11.6 Å². The molecule has 1 heterocycles. The largest absolute Gasteiger partial charge is 0.310 e. The highest BCUT2D eigenvalue weighted by Gasteiger charge is 2.16. The first-order chi connectivity index (χ1) is 6.77. The Morgan fingerprint density at radius 1 is 1.21 bits per heavy atom. The summed E-state index contributed by atoms with van der Waals surface area (Å²) in [5.74, 6) is -1.56. The van der Waals surface area contributed by atoms with Gasteiger partial charge in [0.15, 0.2) is 11.6 Å². The van der Waals surface area contributed by atoms with E-state index in [4.69, 9.17) is 0 Å². The highest BCUT2D eigenvalue weighted by Crippen LogP contribution is 2.23. The van der Waals surface area contributed by atoms with Gasteiger partial charge in [0.25, 0.3) is 0 Å². The molecule has 1 unspecified atom stereocenters. The second-order valence-corrected chi connectivity index (χ2v) is 3.48. The molecule has 0 spiro atoms. The van der Waals surface area contributed by atoms with E-state index in [9.17, 15) is 8.78 Å². The summed E-state index contributed by atoms with van der Waals surface area (Å²) < 4.78 is 25.6. The number of rotatable bonds is 1. The number of halogens is 2. The van der Waals surface area contributed by atoms with Gasteiger partial charge in [-0.1, -0.05) is 6.07 Å². The molecule has 2 rings (SSSR count). The summed E-state index contributed by atoms with van der Waals surface area (Å²) in [6, 6.07) is 4.13. The molecule has 0 aromatic heterocycles. The van der Waals surface area contributed by atoms with Gasteiger partial charge in [0, 0.05) is 6.04 Å². The van der Waals surface area contributed by atoms with Gasteiger partial charge in [0.05, 0.1) is 0 Å². The molecule has 1 nitrogen and oxygen atoms in total. The Hall–Kier alpha value is -0.960. The smallest absolute Gasteiger partial charge is 0.159 e. The number of hydrogen-bond acceptors (Lipinski definition) is 1. The topological polar surface area (TPSA) is 12.0 Å². The SMILES string of the molecule is Fc1ccc(C2[CH]CCCN2)cc1F. The Bertz CT molecular complexity index is 319. The van der Waals surface area contributed by atoms with E-state index >= 15 is 0 Å². The van der Waals surface area contributed by atoms with Crippen LogP contribution in [0.2, 0.25) is 0 Å².